The number of hydrogen-bond donors (Lipinski definition) is 3. The maximum atomic E-state index is 11.4. The number of carbonyl (C=O) groups is 1. The second kappa shape index (κ2) is 8.52. The summed E-state index contributed by atoms with van der Waals surface area (Å²) < 4.78 is 0. The molecule has 0 fully saturated rings. The molecule has 0 bridgehead atoms. The summed E-state index contributed by atoms with van der Waals surface area (Å²) in [7, 11) is 0. The van der Waals surface area contributed by atoms with Gasteiger partial charge in [-0.3, -0.25) is 4.79 Å². The summed E-state index contributed by atoms with van der Waals surface area (Å²) in [6.07, 6.45) is 0.117. The minimum atomic E-state index is -0.737. The van der Waals surface area contributed by atoms with E-state index < -0.39 is 6.10 Å². The van der Waals surface area contributed by atoms with E-state index in [1.165, 1.54) is 16.6 Å². The van der Waals surface area contributed by atoms with Gasteiger partial charge in [-0.25, -0.2) is 0 Å². The first kappa shape index (κ1) is 14.5. The Balaban J connectivity index is 2.01. The molecule has 1 amide bonds. The lowest BCUT2D eigenvalue weighted by Gasteiger charge is -2.07. The number of thioether (sulfide) groups is 1. The highest BCUT2D eigenvalue weighted by molar-refractivity contribution is 7.99. The summed E-state index contributed by atoms with van der Waals surface area (Å²) in [5.74, 6) is 0.674. The Morgan fingerprint density at radius 1 is 1.59 bits per heavy atom. The number of rotatable bonds is 8. The van der Waals surface area contributed by atoms with Crippen LogP contribution in [0.4, 0.5) is 0 Å². The molecular formula is C11H17NO3S2. The first-order chi connectivity index (χ1) is 8.22. The molecule has 4 nitrogen and oxygen atoms in total. The number of hydrogen-bond acceptors (Lipinski definition) is 5. The quantitative estimate of drug-likeness (QED) is 0.646. The molecule has 96 valence electrons. The lowest BCUT2D eigenvalue weighted by atomic mass is 10.3. The molecule has 0 aromatic carbocycles. The molecule has 0 aliphatic rings. The Morgan fingerprint density at radius 2 is 2.41 bits per heavy atom. The smallest absolute Gasteiger partial charge is 0.230 e. The van der Waals surface area contributed by atoms with Gasteiger partial charge in [-0.15, -0.1) is 23.1 Å². The van der Waals surface area contributed by atoms with E-state index in [9.17, 15) is 4.79 Å². The highest BCUT2D eigenvalue weighted by Crippen LogP contribution is 2.08. The zero-order valence-electron chi connectivity index (χ0n) is 9.46. The van der Waals surface area contributed by atoms with Crippen LogP contribution in [-0.4, -0.2) is 46.9 Å². The fraction of sp³-hybridized carbons (Fsp3) is 0.545. The number of carbonyl (C=O) groups excluding carboxylic acids is 1. The summed E-state index contributed by atoms with van der Waals surface area (Å²) in [6, 6.07) is 4.04. The summed E-state index contributed by atoms with van der Waals surface area (Å²) in [5, 5.41) is 22.5. The van der Waals surface area contributed by atoms with Crippen molar-refractivity contribution in [1.29, 1.82) is 0 Å². The Labute approximate surface area is 109 Å². The molecule has 0 saturated carbocycles. The van der Waals surface area contributed by atoms with Crippen LogP contribution in [0.15, 0.2) is 17.5 Å². The van der Waals surface area contributed by atoms with Gasteiger partial charge in [0.1, 0.15) is 0 Å². The molecule has 6 heteroatoms. The van der Waals surface area contributed by atoms with Crippen molar-refractivity contribution in [2.24, 2.45) is 0 Å². The van der Waals surface area contributed by atoms with Gasteiger partial charge < -0.3 is 15.5 Å². The first-order valence-corrected chi connectivity index (χ1v) is 7.41. The van der Waals surface area contributed by atoms with Crippen molar-refractivity contribution in [3.63, 3.8) is 0 Å². The van der Waals surface area contributed by atoms with E-state index in [2.05, 4.69) is 5.32 Å². The van der Waals surface area contributed by atoms with Crippen LogP contribution in [0, 0.1) is 0 Å². The molecular weight excluding hydrogens is 258 g/mol. The molecule has 0 radical (unpaired) electrons. The summed E-state index contributed by atoms with van der Waals surface area (Å²) in [6.45, 7) is 0.384. The largest absolute Gasteiger partial charge is 0.394 e. The van der Waals surface area contributed by atoms with Crippen LogP contribution in [-0.2, 0) is 11.2 Å². The lowest BCUT2D eigenvalue weighted by molar-refractivity contribution is -0.118. The average molecular weight is 275 g/mol. The van der Waals surface area contributed by atoms with Gasteiger partial charge in [0.25, 0.3) is 0 Å². The minimum Gasteiger partial charge on any atom is -0.394 e. The van der Waals surface area contributed by atoms with Gasteiger partial charge in [-0.2, -0.15) is 0 Å². The molecule has 0 aliphatic heterocycles. The van der Waals surface area contributed by atoms with Crippen molar-refractivity contribution in [3.05, 3.63) is 22.4 Å². The predicted molar refractivity (Wildman–Crippen MR) is 71.5 cm³/mol. The molecule has 1 aromatic rings. The second-order valence-corrected chi connectivity index (χ2v) is 5.59. The van der Waals surface area contributed by atoms with E-state index in [1.54, 1.807) is 11.3 Å². The van der Waals surface area contributed by atoms with E-state index in [0.29, 0.717) is 18.1 Å². The number of amides is 1. The fourth-order valence-electron chi connectivity index (χ4n) is 1.17. The van der Waals surface area contributed by atoms with Crippen LogP contribution >= 0.6 is 23.1 Å². The molecule has 17 heavy (non-hydrogen) atoms. The molecule has 1 aromatic heterocycles. The molecule has 1 heterocycles. The average Bonchev–Trinajstić information content (AvgIpc) is 2.82. The van der Waals surface area contributed by atoms with Crippen molar-refractivity contribution in [3.8, 4) is 0 Å². The van der Waals surface area contributed by atoms with Crippen LogP contribution in [0.5, 0.6) is 0 Å². The minimum absolute atomic E-state index is 0.0308. The third-order valence-electron chi connectivity index (χ3n) is 2.03. The number of aliphatic hydroxyl groups excluding tert-OH is 2. The normalized spacial score (nSPS) is 12.4. The maximum absolute atomic E-state index is 11.4. The van der Waals surface area contributed by atoms with Gasteiger partial charge in [0.05, 0.1) is 18.5 Å². The molecule has 1 rings (SSSR count). The van der Waals surface area contributed by atoms with Crippen molar-refractivity contribution in [2.45, 2.75) is 12.5 Å². The van der Waals surface area contributed by atoms with Gasteiger partial charge in [0.2, 0.25) is 5.91 Å². The predicted octanol–water partition coefficient (Wildman–Crippen LogP) is 0.493. The van der Waals surface area contributed by atoms with Crippen LogP contribution < -0.4 is 5.32 Å². The Morgan fingerprint density at radius 3 is 3.06 bits per heavy atom. The monoisotopic (exact) mass is 275 g/mol. The third-order valence-corrected chi connectivity index (χ3v) is 4.05. The van der Waals surface area contributed by atoms with Crippen LogP contribution in [0.25, 0.3) is 0 Å². The highest BCUT2D eigenvalue weighted by atomic mass is 32.2. The lowest BCUT2D eigenvalue weighted by Crippen LogP contribution is -2.28. The van der Waals surface area contributed by atoms with E-state index in [1.807, 2.05) is 17.5 Å². The van der Waals surface area contributed by atoms with Crippen molar-refractivity contribution < 1.29 is 15.0 Å². The van der Waals surface area contributed by atoms with Gasteiger partial charge in [0.15, 0.2) is 0 Å². The van der Waals surface area contributed by atoms with Crippen LogP contribution in [0.1, 0.15) is 4.88 Å². The van der Waals surface area contributed by atoms with Gasteiger partial charge >= 0.3 is 0 Å². The standard InChI is InChI=1S/C11H17NO3S2/c13-6-9(14)7-16-8-11(15)12-4-3-10-2-1-5-17-10/h1-2,5,9,13-14H,3-4,6-8H2,(H,12,15). The molecule has 0 aliphatic carbocycles. The zero-order valence-corrected chi connectivity index (χ0v) is 11.1. The van der Waals surface area contributed by atoms with Crippen molar-refractivity contribution in [1.82, 2.24) is 5.32 Å². The molecule has 1 unspecified atom stereocenters. The summed E-state index contributed by atoms with van der Waals surface area (Å²) in [4.78, 5) is 12.6. The van der Waals surface area contributed by atoms with E-state index >= 15 is 0 Å². The van der Waals surface area contributed by atoms with Crippen molar-refractivity contribution in [2.75, 3.05) is 24.7 Å². The third kappa shape index (κ3) is 6.68. The molecule has 1 atom stereocenters. The van der Waals surface area contributed by atoms with Crippen molar-refractivity contribution >= 4 is 29.0 Å². The number of nitrogens with one attached hydrogen (secondary N) is 1. The molecule has 0 saturated heterocycles. The Kier molecular flexibility index (Phi) is 7.27. The van der Waals surface area contributed by atoms with Gasteiger partial charge in [-0.1, -0.05) is 6.07 Å². The summed E-state index contributed by atoms with van der Waals surface area (Å²) in [5.41, 5.74) is 0. The van der Waals surface area contributed by atoms with Crippen LogP contribution in [0.2, 0.25) is 0 Å². The summed E-state index contributed by atoms with van der Waals surface area (Å²) >= 11 is 3.00. The van der Waals surface area contributed by atoms with E-state index in [0.717, 1.165) is 6.42 Å². The second-order valence-electron chi connectivity index (χ2n) is 3.53. The number of thiophene rings is 1. The van der Waals surface area contributed by atoms with Crippen LogP contribution in [0.3, 0.4) is 0 Å². The maximum Gasteiger partial charge on any atom is 0.230 e. The van der Waals surface area contributed by atoms with E-state index in [-0.39, 0.29) is 12.5 Å². The Hall–Kier alpha value is -0.560. The zero-order chi connectivity index (χ0) is 12.5. The Bertz CT molecular complexity index is 317. The van der Waals surface area contributed by atoms with E-state index in [4.69, 9.17) is 10.2 Å². The molecule has 0 spiro atoms. The highest BCUT2D eigenvalue weighted by Gasteiger charge is 2.05. The topological polar surface area (TPSA) is 69.6 Å². The van der Waals surface area contributed by atoms with Gasteiger partial charge in [-0.05, 0) is 17.9 Å². The van der Waals surface area contributed by atoms with Gasteiger partial charge in [0, 0.05) is 17.2 Å². The first-order valence-electron chi connectivity index (χ1n) is 5.38. The number of aliphatic hydroxyl groups is 2. The molecule has 3 N–H and O–H groups in total. The fourth-order valence-corrected chi connectivity index (χ4v) is 2.66. The SMILES string of the molecule is O=C(CSCC(O)CO)NCCc1cccs1.